The third-order valence-electron chi connectivity index (χ3n) is 7.36. The van der Waals surface area contributed by atoms with Crippen molar-refractivity contribution in [2.24, 2.45) is 0 Å². The maximum absolute atomic E-state index is 13.4. The summed E-state index contributed by atoms with van der Waals surface area (Å²) in [6.45, 7) is 0.127. The Labute approximate surface area is 213 Å². The summed E-state index contributed by atoms with van der Waals surface area (Å²) in [5, 5.41) is 9.06. The molecule has 3 aliphatic heterocycles. The van der Waals surface area contributed by atoms with Gasteiger partial charge in [0.1, 0.15) is 24.9 Å². The van der Waals surface area contributed by atoms with E-state index in [-0.39, 0.29) is 37.5 Å². The lowest BCUT2D eigenvalue weighted by atomic mass is 9.90. The molecular weight excluding hydrogens is 485 g/mol. The predicted octanol–water partition coefficient (Wildman–Crippen LogP) is 3.26. The highest BCUT2D eigenvalue weighted by molar-refractivity contribution is 5.95. The molecule has 194 valence electrons. The van der Waals surface area contributed by atoms with E-state index in [2.05, 4.69) is 6.07 Å². The lowest BCUT2D eigenvalue weighted by Gasteiger charge is -2.47. The first kappa shape index (κ1) is 25.1. The van der Waals surface area contributed by atoms with E-state index in [4.69, 9.17) is 10.00 Å². The molecule has 2 saturated heterocycles. The van der Waals surface area contributed by atoms with Gasteiger partial charge in [0.2, 0.25) is 11.8 Å². The molecule has 0 radical (unpaired) electrons. The Bertz CT molecular complexity index is 1230. The number of hydrogen-bond acceptors (Lipinski definition) is 5. The molecule has 2 aromatic carbocycles. The number of piperidine rings is 1. The molecule has 10 heteroatoms. The van der Waals surface area contributed by atoms with Crippen LogP contribution in [0, 0.1) is 11.3 Å². The van der Waals surface area contributed by atoms with E-state index in [1.165, 1.54) is 4.90 Å². The van der Waals surface area contributed by atoms with Crippen LogP contribution in [0.15, 0.2) is 42.5 Å². The molecule has 0 bridgehead atoms. The number of fused-ring (bicyclic) bond motifs is 2. The SMILES string of the molecule is N#Cc1cccc(COc2ccc3c(c2)CN2C(=O)CN(C4CCN(CC(F)(F)F)CC4)C(=O)[C@H]2C3)c1. The van der Waals surface area contributed by atoms with Crippen molar-refractivity contribution < 1.29 is 27.5 Å². The maximum Gasteiger partial charge on any atom is 0.401 e. The number of nitrogens with zero attached hydrogens (tertiary/aromatic N) is 4. The quantitative estimate of drug-likeness (QED) is 0.615. The van der Waals surface area contributed by atoms with Crippen molar-refractivity contribution in [1.82, 2.24) is 14.7 Å². The van der Waals surface area contributed by atoms with Gasteiger partial charge in [0.25, 0.3) is 0 Å². The molecule has 1 atom stereocenters. The molecule has 2 aromatic rings. The standard InChI is InChI=1S/C27H27F3N4O3/c28-27(29,30)17-32-8-6-22(7-9-32)33-15-25(35)34-14-21-11-23(5-4-20(21)12-24(34)26(33)36)37-16-19-3-1-2-18(10-19)13-31/h1-5,10-11,22,24H,6-9,12,14-17H2/t24-/m1/s1. The molecule has 0 aromatic heterocycles. The Hall–Kier alpha value is -3.58. The third kappa shape index (κ3) is 5.57. The smallest absolute Gasteiger partial charge is 0.401 e. The van der Waals surface area contributed by atoms with Gasteiger partial charge in [0.15, 0.2) is 0 Å². The van der Waals surface area contributed by atoms with E-state index < -0.39 is 18.8 Å². The van der Waals surface area contributed by atoms with Crippen LogP contribution in [0.3, 0.4) is 0 Å². The summed E-state index contributed by atoms with van der Waals surface area (Å²) in [5.74, 6) is 0.368. The Balaban J connectivity index is 1.23. The summed E-state index contributed by atoms with van der Waals surface area (Å²) in [6.07, 6.45) is -2.99. The van der Waals surface area contributed by atoms with Crippen LogP contribution in [0.4, 0.5) is 13.2 Å². The second-order valence-corrected chi connectivity index (χ2v) is 9.86. The van der Waals surface area contributed by atoms with Crippen molar-refractivity contribution in [1.29, 1.82) is 5.26 Å². The van der Waals surface area contributed by atoms with E-state index in [1.54, 1.807) is 28.0 Å². The van der Waals surface area contributed by atoms with Gasteiger partial charge < -0.3 is 14.5 Å². The minimum Gasteiger partial charge on any atom is -0.489 e. The molecule has 5 rings (SSSR count). The van der Waals surface area contributed by atoms with Crippen molar-refractivity contribution in [2.45, 2.75) is 50.7 Å². The number of carbonyl (C=O) groups excluding carboxylic acids is 2. The zero-order valence-corrected chi connectivity index (χ0v) is 20.2. The summed E-state index contributed by atoms with van der Waals surface area (Å²) in [5.41, 5.74) is 3.34. The highest BCUT2D eigenvalue weighted by Gasteiger charge is 2.45. The van der Waals surface area contributed by atoms with E-state index in [0.717, 1.165) is 16.7 Å². The number of halogens is 3. The van der Waals surface area contributed by atoms with Crippen molar-refractivity contribution in [3.8, 4) is 11.8 Å². The topological polar surface area (TPSA) is 76.9 Å². The maximum atomic E-state index is 13.4. The first-order valence-electron chi connectivity index (χ1n) is 12.3. The van der Waals surface area contributed by atoms with Crippen LogP contribution >= 0.6 is 0 Å². The number of hydrogen-bond donors (Lipinski definition) is 0. The fourth-order valence-electron chi connectivity index (χ4n) is 5.49. The molecule has 7 nitrogen and oxygen atoms in total. The average Bonchev–Trinajstić information content (AvgIpc) is 2.88. The molecular formula is C27H27F3N4O3. The first-order valence-corrected chi connectivity index (χ1v) is 12.3. The number of piperazine rings is 1. The molecule has 3 aliphatic rings. The van der Waals surface area contributed by atoms with E-state index >= 15 is 0 Å². The number of carbonyl (C=O) groups is 2. The van der Waals surface area contributed by atoms with Crippen molar-refractivity contribution in [3.05, 3.63) is 64.7 Å². The number of benzene rings is 2. The Morgan fingerprint density at radius 1 is 1.00 bits per heavy atom. The fourth-order valence-corrected chi connectivity index (χ4v) is 5.49. The lowest BCUT2D eigenvalue weighted by molar-refractivity contribution is -0.162. The van der Waals surface area contributed by atoms with Crippen LogP contribution in [-0.2, 0) is 29.2 Å². The van der Waals surface area contributed by atoms with Crippen LogP contribution in [0.1, 0.15) is 35.1 Å². The van der Waals surface area contributed by atoms with Crippen LogP contribution in [0.25, 0.3) is 0 Å². The average molecular weight is 513 g/mol. The highest BCUT2D eigenvalue weighted by Crippen LogP contribution is 2.32. The van der Waals surface area contributed by atoms with Gasteiger partial charge in [-0.1, -0.05) is 18.2 Å². The zero-order valence-electron chi connectivity index (χ0n) is 20.2. The fraction of sp³-hybridized carbons (Fsp3) is 0.444. The van der Waals surface area contributed by atoms with E-state index in [1.807, 2.05) is 24.3 Å². The van der Waals surface area contributed by atoms with E-state index in [9.17, 15) is 22.8 Å². The molecule has 3 heterocycles. The number of likely N-dealkylation sites (tertiary alicyclic amines) is 1. The summed E-state index contributed by atoms with van der Waals surface area (Å²) in [6, 6.07) is 14.1. The van der Waals surface area contributed by atoms with E-state index in [0.29, 0.717) is 43.7 Å². The van der Waals surface area contributed by atoms with Crippen molar-refractivity contribution >= 4 is 11.8 Å². The number of rotatable bonds is 5. The largest absolute Gasteiger partial charge is 0.489 e. The van der Waals surface area contributed by atoms with Gasteiger partial charge in [-0.2, -0.15) is 18.4 Å². The number of ether oxygens (including phenoxy) is 1. The molecule has 2 fully saturated rings. The summed E-state index contributed by atoms with van der Waals surface area (Å²) in [4.78, 5) is 31.0. The molecule has 0 spiro atoms. The molecule has 2 amide bonds. The monoisotopic (exact) mass is 512 g/mol. The van der Waals surface area contributed by atoms with Gasteiger partial charge in [-0.3, -0.25) is 14.5 Å². The van der Waals surface area contributed by atoms with Gasteiger partial charge in [-0.15, -0.1) is 0 Å². The molecule has 0 aliphatic carbocycles. The second kappa shape index (κ2) is 10.1. The Kier molecular flexibility index (Phi) is 6.82. The zero-order chi connectivity index (χ0) is 26.2. The first-order chi connectivity index (χ1) is 17.7. The van der Waals surface area contributed by atoms with Gasteiger partial charge in [-0.05, 0) is 53.8 Å². The molecule has 0 unspecified atom stereocenters. The van der Waals surface area contributed by atoms with Gasteiger partial charge >= 0.3 is 6.18 Å². The minimum absolute atomic E-state index is 0.0416. The summed E-state index contributed by atoms with van der Waals surface area (Å²) < 4.78 is 44.0. The predicted molar refractivity (Wildman–Crippen MR) is 127 cm³/mol. The van der Waals surface area contributed by atoms with Crippen molar-refractivity contribution in [2.75, 3.05) is 26.2 Å². The Morgan fingerprint density at radius 3 is 2.51 bits per heavy atom. The molecule has 0 N–H and O–H groups in total. The second-order valence-electron chi connectivity index (χ2n) is 9.86. The summed E-state index contributed by atoms with van der Waals surface area (Å²) in [7, 11) is 0. The van der Waals surface area contributed by atoms with Crippen LogP contribution in [-0.4, -0.2) is 71.0 Å². The highest BCUT2D eigenvalue weighted by atomic mass is 19.4. The molecule has 37 heavy (non-hydrogen) atoms. The van der Waals surface area contributed by atoms with Gasteiger partial charge in [-0.25, -0.2) is 0 Å². The number of nitriles is 1. The lowest BCUT2D eigenvalue weighted by Crippen LogP contribution is -2.64. The Morgan fingerprint density at radius 2 is 1.78 bits per heavy atom. The summed E-state index contributed by atoms with van der Waals surface area (Å²) >= 11 is 0. The van der Waals surface area contributed by atoms with Gasteiger partial charge in [0, 0.05) is 32.1 Å². The van der Waals surface area contributed by atoms with Crippen LogP contribution in [0.5, 0.6) is 5.75 Å². The normalized spacial score (nSPS) is 20.9. The van der Waals surface area contributed by atoms with Crippen LogP contribution < -0.4 is 4.74 Å². The third-order valence-corrected chi connectivity index (χ3v) is 7.36. The minimum atomic E-state index is -4.24. The number of amides is 2. The number of alkyl halides is 3. The van der Waals surface area contributed by atoms with Crippen molar-refractivity contribution in [3.63, 3.8) is 0 Å². The van der Waals surface area contributed by atoms with Gasteiger partial charge in [0.05, 0.1) is 18.2 Å². The molecule has 0 saturated carbocycles. The van der Waals surface area contributed by atoms with Crippen LogP contribution in [0.2, 0.25) is 0 Å².